The number of aliphatic hydroxyl groups is 3. The second-order valence-electron chi connectivity index (χ2n) is 6.54. The van der Waals surface area contributed by atoms with Crippen molar-refractivity contribution in [2.24, 2.45) is 4.99 Å². The highest BCUT2D eigenvalue weighted by Gasteiger charge is 2.53. The number of nitrogens with zero attached hydrogens (tertiary/aromatic N) is 3. The highest BCUT2D eigenvalue weighted by molar-refractivity contribution is 6.10. The molecule has 10 nitrogen and oxygen atoms in total. The zero-order valence-corrected chi connectivity index (χ0v) is 14.2. The largest absolute Gasteiger partial charge is 0.394 e. The summed E-state index contributed by atoms with van der Waals surface area (Å²) in [5.41, 5.74) is -1.53. The van der Waals surface area contributed by atoms with Crippen molar-refractivity contribution in [2.45, 2.75) is 31.0 Å². The molecule has 1 fully saturated rings. The van der Waals surface area contributed by atoms with E-state index in [-0.39, 0.29) is 0 Å². The predicted octanol–water partition coefficient (Wildman–Crippen LogP) is -0.475. The van der Waals surface area contributed by atoms with Gasteiger partial charge >= 0.3 is 0 Å². The first-order chi connectivity index (χ1) is 12.4. The molecule has 0 spiro atoms. The van der Waals surface area contributed by atoms with Crippen LogP contribution >= 0.6 is 0 Å². The molecule has 1 saturated heterocycles. The summed E-state index contributed by atoms with van der Waals surface area (Å²) in [7, 11) is 1.68. The fraction of sp³-hybridized carbons (Fsp3) is 0.438. The Hall–Kier alpha value is -2.53. The van der Waals surface area contributed by atoms with Crippen LogP contribution in [-0.4, -0.2) is 62.7 Å². The molecule has 4 heterocycles. The number of hydrogen-bond donors (Lipinski definition) is 5. The van der Waals surface area contributed by atoms with Gasteiger partial charge in [0.25, 0.3) is 5.56 Å². The molecule has 0 aromatic carbocycles. The van der Waals surface area contributed by atoms with Crippen LogP contribution < -0.4 is 16.2 Å². The fourth-order valence-corrected chi connectivity index (χ4v) is 3.52. The van der Waals surface area contributed by atoms with E-state index in [0.29, 0.717) is 28.1 Å². The lowest BCUT2D eigenvalue weighted by atomic mass is 9.96. The fourth-order valence-electron chi connectivity index (χ4n) is 3.52. The van der Waals surface area contributed by atoms with E-state index in [1.165, 1.54) is 19.3 Å². The Morgan fingerprint density at radius 1 is 1.50 bits per heavy atom. The molecule has 0 radical (unpaired) electrons. The second-order valence-corrected chi connectivity index (χ2v) is 6.54. The topological polar surface area (TPSA) is 141 Å². The Labute approximate surface area is 147 Å². The van der Waals surface area contributed by atoms with E-state index in [1.54, 1.807) is 17.8 Å². The molecule has 4 atom stereocenters. The molecule has 2 aliphatic rings. The van der Waals surface area contributed by atoms with Crippen molar-refractivity contribution < 1.29 is 20.1 Å². The first kappa shape index (κ1) is 16.9. The zero-order chi connectivity index (χ0) is 18.6. The normalized spacial score (nSPS) is 29.8. The Bertz CT molecular complexity index is 970. The molecule has 26 heavy (non-hydrogen) atoms. The zero-order valence-electron chi connectivity index (χ0n) is 14.2. The van der Waals surface area contributed by atoms with Gasteiger partial charge in [0.2, 0.25) is 0 Å². The number of rotatable bonds is 3. The number of aromatic nitrogens is 2. The van der Waals surface area contributed by atoms with Crippen LogP contribution in [-0.2, 0) is 4.74 Å². The van der Waals surface area contributed by atoms with Gasteiger partial charge in [0.05, 0.1) is 18.3 Å². The summed E-state index contributed by atoms with van der Waals surface area (Å²) in [6.07, 6.45) is -0.114. The minimum absolute atomic E-state index is 0.340. The highest BCUT2D eigenvalue weighted by Crippen LogP contribution is 2.45. The minimum Gasteiger partial charge on any atom is -0.394 e. The lowest BCUT2D eigenvalue weighted by Gasteiger charge is -2.28. The molecule has 0 saturated carbocycles. The second kappa shape index (κ2) is 5.74. The Balaban J connectivity index is 1.99. The molecule has 4 rings (SSSR count). The lowest BCUT2D eigenvalue weighted by Crippen LogP contribution is -2.44. The van der Waals surface area contributed by atoms with Gasteiger partial charge in [0, 0.05) is 30.4 Å². The molecular weight excluding hydrogens is 342 g/mol. The Morgan fingerprint density at radius 3 is 2.92 bits per heavy atom. The Kier molecular flexibility index (Phi) is 3.74. The molecule has 2 aliphatic heterocycles. The van der Waals surface area contributed by atoms with E-state index in [0.717, 1.165) is 0 Å². The molecule has 10 heteroatoms. The van der Waals surface area contributed by atoms with E-state index in [4.69, 9.17) is 4.74 Å². The Morgan fingerprint density at radius 2 is 2.27 bits per heavy atom. The van der Waals surface area contributed by atoms with Gasteiger partial charge in [-0.25, -0.2) is 4.99 Å². The maximum absolute atomic E-state index is 12.0. The molecule has 0 bridgehead atoms. The van der Waals surface area contributed by atoms with E-state index in [1.807, 2.05) is 0 Å². The summed E-state index contributed by atoms with van der Waals surface area (Å²) in [4.78, 5) is 20.3. The van der Waals surface area contributed by atoms with Crippen molar-refractivity contribution in [3.63, 3.8) is 0 Å². The number of ether oxygens (including phenoxy) is 1. The van der Waals surface area contributed by atoms with Crippen molar-refractivity contribution >= 4 is 34.4 Å². The summed E-state index contributed by atoms with van der Waals surface area (Å²) in [5.74, 6) is 0.761. The van der Waals surface area contributed by atoms with Crippen molar-refractivity contribution in [3.05, 3.63) is 22.6 Å². The SMILES string of the molecule is CNc1cc(=O)nc2c3c(n(C4OC(CO)[C@@H](O)[C@@]4(C)O)cc13)N=CN2. The van der Waals surface area contributed by atoms with Gasteiger partial charge < -0.3 is 35.3 Å². The summed E-state index contributed by atoms with van der Waals surface area (Å²) in [5, 5.41) is 37.5. The molecule has 0 aliphatic carbocycles. The van der Waals surface area contributed by atoms with E-state index in [2.05, 4.69) is 20.6 Å². The average molecular weight is 361 g/mol. The van der Waals surface area contributed by atoms with E-state index >= 15 is 0 Å². The van der Waals surface area contributed by atoms with Gasteiger partial charge in [-0.15, -0.1) is 0 Å². The predicted molar refractivity (Wildman–Crippen MR) is 95.0 cm³/mol. The molecule has 2 unspecified atom stereocenters. The van der Waals surface area contributed by atoms with Gasteiger partial charge in [0.15, 0.2) is 6.23 Å². The third-order valence-electron chi connectivity index (χ3n) is 4.87. The van der Waals surface area contributed by atoms with Crippen molar-refractivity contribution in [2.75, 3.05) is 24.3 Å². The van der Waals surface area contributed by atoms with Crippen molar-refractivity contribution in [1.29, 1.82) is 0 Å². The van der Waals surface area contributed by atoms with Gasteiger partial charge in [-0.1, -0.05) is 0 Å². The monoisotopic (exact) mass is 361 g/mol. The number of aliphatic imine (C=N–C) groups is 1. The number of nitrogens with one attached hydrogen (secondary N) is 2. The lowest BCUT2D eigenvalue weighted by molar-refractivity contribution is -0.0955. The van der Waals surface area contributed by atoms with Crippen LogP contribution in [0.1, 0.15) is 13.2 Å². The van der Waals surface area contributed by atoms with Gasteiger partial charge in [-0.2, -0.15) is 4.98 Å². The molecule has 2 aromatic rings. The summed E-state index contributed by atoms with van der Waals surface area (Å²) in [6, 6.07) is 1.37. The third kappa shape index (κ3) is 2.23. The standard InChI is InChI=1S/C16H19N5O5/c1-16(25)12(24)9(5-22)26-15(16)21-4-7-8(17-2)3-10(23)20-13-11(7)14(21)19-6-18-13/h3-4,6,9,12,15,17,22,24-25H,5H2,1-2H3,(H,18,19,20,23)/t9?,12-,15?,16-/m1/s1. The van der Waals surface area contributed by atoms with Crippen LogP contribution in [0.25, 0.3) is 10.8 Å². The summed E-state index contributed by atoms with van der Waals surface area (Å²) in [6.45, 7) is 1.01. The maximum Gasteiger partial charge on any atom is 0.273 e. The minimum atomic E-state index is -1.65. The number of anilines is 2. The smallest absolute Gasteiger partial charge is 0.273 e. The van der Waals surface area contributed by atoms with Gasteiger partial charge in [-0.3, -0.25) is 4.79 Å². The van der Waals surface area contributed by atoms with Crippen LogP contribution in [0.4, 0.5) is 17.3 Å². The average Bonchev–Trinajstić information content (AvgIpc) is 3.04. The number of hydrogen-bond acceptors (Lipinski definition) is 9. The van der Waals surface area contributed by atoms with Crippen LogP contribution in [0.2, 0.25) is 0 Å². The van der Waals surface area contributed by atoms with E-state index < -0.39 is 36.2 Å². The molecule has 0 amide bonds. The van der Waals surface area contributed by atoms with Gasteiger partial charge in [-0.05, 0) is 6.92 Å². The molecule has 138 valence electrons. The van der Waals surface area contributed by atoms with E-state index in [9.17, 15) is 20.1 Å². The van der Waals surface area contributed by atoms with Crippen LogP contribution in [0.3, 0.4) is 0 Å². The first-order valence-electron chi connectivity index (χ1n) is 8.12. The summed E-state index contributed by atoms with van der Waals surface area (Å²) >= 11 is 0. The molecule has 5 N–H and O–H groups in total. The van der Waals surface area contributed by atoms with Crippen molar-refractivity contribution in [3.8, 4) is 0 Å². The summed E-state index contributed by atoms with van der Waals surface area (Å²) < 4.78 is 7.28. The first-order valence-corrected chi connectivity index (χ1v) is 8.12. The molecular formula is C16H19N5O5. The van der Waals surface area contributed by atoms with Crippen LogP contribution in [0.5, 0.6) is 0 Å². The van der Waals surface area contributed by atoms with Crippen LogP contribution in [0.15, 0.2) is 22.1 Å². The molecule has 2 aromatic heterocycles. The van der Waals surface area contributed by atoms with Gasteiger partial charge in [0.1, 0.15) is 29.4 Å². The number of aliphatic hydroxyl groups excluding tert-OH is 2. The highest BCUT2D eigenvalue weighted by atomic mass is 16.6. The van der Waals surface area contributed by atoms with Crippen LogP contribution in [0, 0.1) is 0 Å². The quantitative estimate of drug-likeness (QED) is 0.494. The maximum atomic E-state index is 12.0. The van der Waals surface area contributed by atoms with Crippen molar-refractivity contribution in [1.82, 2.24) is 9.55 Å². The third-order valence-corrected chi connectivity index (χ3v) is 4.87.